The van der Waals surface area contributed by atoms with Crippen LogP contribution in [-0.2, 0) is 12.8 Å². The highest BCUT2D eigenvalue weighted by molar-refractivity contribution is 9.10. The van der Waals surface area contributed by atoms with E-state index in [0.717, 1.165) is 39.9 Å². The molecule has 0 aliphatic heterocycles. The Morgan fingerprint density at radius 1 is 1.23 bits per heavy atom. The van der Waals surface area contributed by atoms with E-state index in [-0.39, 0.29) is 5.91 Å². The monoisotopic (exact) mass is 428 g/mol. The van der Waals surface area contributed by atoms with Crippen molar-refractivity contribution in [1.29, 1.82) is 0 Å². The minimum absolute atomic E-state index is 0.144. The molecule has 1 aliphatic rings. The molecule has 4 nitrogen and oxygen atoms in total. The first-order chi connectivity index (χ1) is 12.5. The largest absolute Gasteiger partial charge is 0.496 e. The molecule has 1 aromatic heterocycles. The molecule has 2 aromatic carbocycles. The molecule has 1 aliphatic carbocycles. The van der Waals surface area contributed by atoms with Crippen LogP contribution in [0.5, 0.6) is 5.75 Å². The zero-order chi connectivity index (χ0) is 18.3. The number of fused-ring (bicyclic) bond motifs is 3. The number of ether oxygens (including phenoxy) is 1. The van der Waals surface area contributed by atoms with Crippen LogP contribution in [0.2, 0.25) is 0 Å². The highest BCUT2D eigenvalue weighted by atomic mass is 79.9. The summed E-state index contributed by atoms with van der Waals surface area (Å²) in [4.78, 5) is 18.4. The number of carbonyl (C=O) groups excluding carboxylic acids is 1. The van der Waals surface area contributed by atoms with Crippen LogP contribution < -0.4 is 10.1 Å². The highest BCUT2D eigenvalue weighted by Crippen LogP contribution is 2.40. The minimum atomic E-state index is -0.144. The third-order valence-corrected chi connectivity index (χ3v) is 6.08. The fourth-order valence-electron chi connectivity index (χ4n) is 3.18. The van der Waals surface area contributed by atoms with Gasteiger partial charge in [-0.2, -0.15) is 0 Å². The van der Waals surface area contributed by atoms with Crippen LogP contribution in [0.15, 0.2) is 40.9 Å². The van der Waals surface area contributed by atoms with Crippen molar-refractivity contribution in [2.45, 2.75) is 19.8 Å². The summed E-state index contributed by atoms with van der Waals surface area (Å²) in [6.45, 7) is 2.04. The molecule has 6 heteroatoms. The molecule has 1 amide bonds. The number of hydrogen-bond acceptors (Lipinski definition) is 4. The van der Waals surface area contributed by atoms with Crippen LogP contribution in [0.3, 0.4) is 0 Å². The molecule has 3 aromatic rings. The Balaban J connectivity index is 1.64. The van der Waals surface area contributed by atoms with Gasteiger partial charge in [0.25, 0.3) is 5.91 Å². The Labute approximate surface area is 164 Å². The second-order valence-electron chi connectivity index (χ2n) is 6.23. The van der Waals surface area contributed by atoms with Crippen molar-refractivity contribution >= 4 is 38.3 Å². The number of thiazole rings is 1. The first-order valence-electron chi connectivity index (χ1n) is 8.29. The van der Waals surface area contributed by atoms with Crippen LogP contribution in [0.1, 0.15) is 26.4 Å². The smallest absolute Gasteiger partial charge is 0.257 e. The number of rotatable bonds is 3. The van der Waals surface area contributed by atoms with Gasteiger partial charge in [0.05, 0.1) is 12.8 Å². The number of anilines is 1. The Kier molecular flexibility index (Phi) is 4.54. The third kappa shape index (κ3) is 3.15. The lowest BCUT2D eigenvalue weighted by atomic mass is 9.91. The quantitative estimate of drug-likeness (QED) is 0.620. The number of aryl methyl sites for hydroxylation is 3. The SMILES string of the molecule is COc1cc2c(cc1C)-c1nc(NC(=O)c3ccc(Br)cc3)sc1CC2. The van der Waals surface area contributed by atoms with E-state index in [1.165, 1.54) is 10.4 Å². The van der Waals surface area contributed by atoms with E-state index in [0.29, 0.717) is 10.7 Å². The predicted molar refractivity (Wildman–Crippen MR) is 108 cm³/mol. The highest BCUT2D eigenvalue weighted by Gasteiger charge is 2.23. The van der Waals surface area contributed by atoms with Gasteiger partial charge in [-0.1, -0.05) is 15.9 Å². The number of nitrogens with zero attached hydrogens (tertiary/aromatic N) is 1. The van der Waals surface area contributed by atoms with E-state index in [2.05, 4.69) is 33.4 Å². The Bertz CT molecular complexity index is 996. The lowest BCUT2D eigenvalue weighted by molar-refractivity contribution is 0.102. The van der Waals surface area contributed by atoms with Crippen LogP contribution in [0.25, 0.3) is 11.3 Å². The van der Waals surface area contributed by atoms with Crippen LogP contribution >= 0.6 is 27.3 Å². The summed E-state index contributed by atoms with van der Waals surface area (Å²) in [7, 11) is 1.70. The molecule has 1 heterocycles. The Morgan fingerprint density at radius 2 is 2.00 bits per heavy atom. The lowest BCUT2D eigenvalue weighted by Gasteiger charge is -2.17. The van der Waals surface area contributed by atoms with Crippen LogP contribution in [-0.4, -0.2) is 18.0 Å². The Morgan fingerprint density at radius 3 is 2.73 bits per heavy atom. The molecule has 0 saturated carbocycles. The maximum Gasteiger partial charge on any atom is 0.257 e. The molecule has 0 fully saturated rings. The minimum Gasteiger partial charge on any atom is -0.496 e. The molecule has 0 radical (unpaired) electrons. The van der Waals surface area contributed by atoms with Crippen molar-refractivity contribution in [2.24, 2.45) is 0 Å². The van der Waals surface area contributed by atoms with Gasteiger partial charge in [-0.3, -0.25) is 10.1 Å². The Hall–Kier alpha value is -2.18. The van der Waals surface area contributed by atoms with Gasteiger partial charge in [-0.25, -0.2) is 4.98 Å². The summed E-state index contributed by atoms with van der Waals surface area (Å²) in [5.41, 5.74) is 5.07. The number of carbonyl (C=O) groups is 1. The van der Waals surface area contributed by atoms with Gasteiger partial charge in [0, 0.05) is 20.5 Å². The average Bonchev–Trinajstić information content (AvgIpc) is 3.04. The number of hydrogen-bond donors (Lipinski definition) is 1. The molecule has 1 N–H and O–H groups in total. The van der Waals surface area contributed by atoms with Gasteiger partial charge in [-0.15, -0.1) is 11.3 Å². The molecule has 4 rings (SSSR count). The van der Waals surface area contributed by atoms with Gasteiger partial charge < -0.3 is 4.74 Å². The number of aromatic nitrogens is 1. The fourth-order valence-corrected chi connectivity index (χ4v) is 4.42. The number of methoxy groups -OCH3 is 1. The second kappa shape index (κ2) is 6.85. The van der Waals surface area contributed by atoms with E-state index in [4.69, 9.17) is 9.72 Å². The molecule has 132 valence electrons. The summed E-state index contributed by atoms with van der Waals surface area (Å²) in [6, 6.07) is 11.5. The fraction of sp³-hybridized carbons (Fsp3) is 0.200. The summed E-state index contributed by atoms with van der Waals surface area (Å²) in [5, 5.41) is 3.57. The first-order valence-corrected chi connectivity index (χ1v) is 9.90. The first kappa shape index (κ1) is 17.2. The number of nitrogens with one attached hydrogen (secondary N) is 1. The topological polar surface area (TPSA) is 51.2 Å². The standard InChI is InChI=1S/C20H17BrN2O2S/c1-11-9-15-13(10-16(11)25-2)5-8-17-18(15)22-20(26-17)23-19(24)12-3-6-14(21)7-4-12/h3-4,6-7,9-10H,5,8H2,1-2H3,(H,22,23,24). The molecule has 0 atom stereocenters. The maximum atomic E-state index is 12.4. The van der Waals surface area contributed by atoms with Crippen molar-refractivity contribution in [1.82, 2.24) is 4.98 Å². The second-order valence-corrected chi connectivity index (χ2v) is 8.23. The molecule has 26 heavy (non-hydrogen) atoms. The lowest BCUT2D eigenvalue weighted by Crippen LogP contribution is -2.11. The zero-order valence-corrected chi connectivity index (χ0v) is 16.8. The normalized spacial score (nSPS) is 12.3. The molecule has 0 bridgehead atoms. The van der Waals surface area contributed by atoms with Crippen molar-refractivity contribution in [3.63, 3.8) is 0 Å². The molecule has 0 saturated heterocycles. The van der Waals surface area contributed by atoms with Gasteiger partial charge in [0.15, 0.2) is 5.13 Å². The van der Waals surface area contributed by atoms with Crippen LogP contribution in [0.4, 0.5) is 5.13 Å². The van der Waals surface area contributed by atoms with Gasteiger partial charge in [0.2, 0.25) is 0 Å². The van der Waals surface area contributed by atoms with Gasteiger partial charge in [0.1, 0.15) is 5.75 Å². The average molecular weight is 429 g/mol. The van der Waals surface area contributed by atoms with E-state index in [1.54, 1.807) is 30.6 Å². The van der Waals surface area contributed by atoms with Crippen molar-refractivity contribution < 1.29 is 9.53 Å². The summed E-state index contributed by atoms with van der Waals surface area (Å²) in [6.07, 6.45) is 1.89. The number of amides is 1. The summed E-state index contributed by atoms with van der Waals surface area (Å²) < 4.78 is 6.38. The zero-order valence-electron chi connectivity index (χ0n) is 14.4. The third-order valence-electron chi connectivity index (χ3n) is 4.52. The maximum absolute atomic E-state index is 12.4. The molecular weight excluding hydrogens is 412 g/mol. The van der Waals surface area contributed by atoms with Gasteiger partial charge in [-0.05, 0) is 67.3 Å². The van der Waals surface area contributed by atoms with Crippen molar-refractivity contribution in [3.05, 3.63) is 62.4 Å². The number of halogens is 1. The molecular formula is C20H17BrN2O2S. The van der Waals surface area contributed by atoms with E-state index < -0.39 is 0 Å². The van der Waals surface area contributed by atoms with E-state index in [9.17, 15) is 4.79 Å². The van der Waals surface area contributed by atoms with Crippen molar-refractivity contribution in [2.75, 3.05) is 12.4 Å². The molecule has 0 unspecified atom stereocenters. The number of benzene rings is 2. The van der Waals surface area contributed by atoms with E-state index in [1.807, 2.05) is 19.1 Å². The summed E-state index contributed by atoms with van der Waals surface area (Å²) >= 11 is 4.94. The van der Waals surface area contributed by atoms with Gasteiger partial charge >= 0.3 is 0 Å². The predicted octanol–water partition coefficient (Wildman–Crippen LogP) is 5.24. The van der Waals surface area contributed by atoms with E-state index >= 15 is 0 Å². The van der Waals surface area contributed by atoms with Crippen LogP contribution in [0, 0.1) is 6.92 Å². The van der Waals surface area contributed by atoms with Crippen molar-refractivity contribution in [3.8, 4) is 17.0 Å². The molecule has 0 spiro atoms. The summed E-state index contributed by atoms with van der Waals surface area (Å²) in [5.74, 6) is 0.765.